The molecule has 0 amide bonds. The molecular formula is C17H24F3NO2. The van der Waals surface area contributed by atoms with Crippen molar-refractivity contribution in [3.05, 3.63) is 29.8 Å². The minimum absolute atomic E-state index is 0.135. The molecule has 0 aromatic heterocycles. The third-order valence-corrected chi connectivity index (χ3v) is 4.40. The van der Waals surface area contributed by atoms with E-state index in [1.165, 1.54) is 18.2 Å². The van der Waals surface area contributed by atoms with E-state index in [9.17, 15) is 18.3 Å². The molecule has 1 heterocycles. The summed E-state index contributed by atoms with van der Waals surface area (Å²) in [5, 5.41) is 10.2. The van der Waals surface area contributed by atoms with Crippen LogP contribution in [0.4, 0.5) is 13.2 Å². The first-order valence-corrected chi connectivity index (χ1v) is 7.87. The molecule has 0 spiro atoms. The molecule has 1 aromatic carbocycles. The molecule has 3 atom stereocenters. The Balaban J connectivity index is 1.96. The summed E-state index contributed by atoms with van der Waals surface area (Å²) < 4.78 is 44.2. The van der Waals surface area contributed by atoms with Crippen molar-refractivity contribution in [1.29, 1.82) is 0 Å². The zero-order valence-corrected chi connectivity index (χ0v) is 13.7. The zero-order valence-electron chi connectivity index (χ0n) is 13.7. The predicted molar refractivity (Wildman–Crippen MR) is 82.4 cm³/mol. The summed E-state index contributed by atoms with van der Waals surface area (Å²) >= 11 is 0. The first kappa shape index (κ1) is 18.1. The lowest BCUT2D eigenvalue weighted by atomic mass is 9.84. The number of likely N-dealkylation sites (tertiary alicyclic amines) is 1. The molecule has 1 aliphatic rings. The van der Waals surface area contributed by atoms with Gasteiger partial charge in [-0.2, -0.15) is 13.2 Å². The average molecular weight is 331 g/mol. The molecule has 6 heteroatoms. The molecular weight excluding hydrogens is 307 g/mol. The van der Waals surface area contributed by atoms with Gasteiger partial charge in [0.15, 0.2) is 0 Å². The Bertz CT molecular complexity index is 517. The number of nitrogens with zero attached hydrogens (tertiary/aromatic N) is 1. The number of benzene rings is 1. The summed E-state index contributed by atoms with van der Waals surface area (Å²) in [6.07, 6.45) is -3.12. The summed E-state index contributed by atoms with van der Waals surface area (Å²) in [5.74, 6) is -0.135. The maximum Gasteiger partial charge on any atom is 0.419 e. The first-order valence-electron chi connectivity index (χ1n) is 7.87. The molecule has 0 radical (unpaired) electrons. The van der Waals surface area contributed by atoms with Crippen LogP contribution < -0.4 is 4.74 Å². The van der Waals surface area contributed by atoms with E-state index in [1.54, 1.807) is 0 Å². The third kappa shape index (κ3) is 4.61. The van der Waals surface area contributed by atoms with Crippen molar-refractivity contribution >= 4 is 0 Å². The van der Waals surface area contributed by atoms with E-state index in [0.717, 1.165) is 6.07 Å². The highest BCUT2D eigenvalue weighted by Crippen LogP contribution is 2.36. The fraction of sp³-hybridized carbons (Fsp3) is 0.647. The Kier molecular flexibility index (Phi) is 5.26. The number of halogens is 3. The molecule has 2 rings (SSSR count). The lowest BCUT2D eigenvalue weighted by Crippen LogP contribution is -2.53. The van der Waals surface area contributed by atoms with Crippen molar-refractivity contribution in [2.45, 2.75) is 57.5 Å². The molecule has 1 unspecified atom stereocenters. The van der Waals surface area contributed by atoms with E-state index in [-0.39, 0.29) is 24.4 Å². The summed E-state index contributed by atoms with van der Waals surface area (Å²) in [4.78, 5) is 2.17. The second-order valence-corrected chi connectivity index (χ2v) is 6.68. The average Bonchev–Trinajstić information content (AvgIpc) is 2.40. The van der Waals surface area contributed by atoms with Gasteiger partial charge in [0.1, 0.15) is 12.4 Å². The number of aliphatic hydroxyl groups is 1. The van der Waals surface area contributed by atoms with Crippen LogP contribution in [0.3, 0.4) is 0 Å². The first-order chi connectivity index (χ1) is 10.6. The van der Waals surface area contributed by atoms with Gasteiger partial charge in [0, 0.05) is 18.6 Å². The smallest absolute Gasteiger partial charge is 0.419 e. The molecule has 23 heavy (non-hydrogen) atoms. The summed E-state index contributed by atoms with van der Waals surface area (Å²) in [7, 11) is 0. The van der Waals surface area contributed by atoms with Gasteiger partial charge < -0.3 is 9.84 Å². The lowest BCUT2D eigenvalue weighted by Gasteiger charge is -2.45. The SMILES string of the molecule is CC1C[C@](C)(O)C[C@@H](C)N1CCOc1ccccc1C(F)(F)F. The highest BCUT2D eigenvalue weighted by Gasteiger charge is 2.37. The van der Waals surface area contributed by atoms with E-state index >= 15 is 0 Å². The second kappa shape index (κ2) is 6.69. The quantitative estimate of drug-likeness (QED) is 0.913. The van der Waals surface area contributed by atoms with Gasteiger partial charge in [-0.3, -0.25) is 4.90 Å². The number of hydrogen-bond donors (Lipinski definition) is 1. The zero-order chi connectivity index (χ0) is 17.3. The maximum absolute atomic E-state index is 12.9. The molecule has 1 N–H and O–H groups in total. The summed E-state index contributed by atoms with van der Waals surface area (Å²) in [6.45, 7) is 6.59. The van der Waals surface area contributed by atoms with Gasteiger partial charge in [-0.1, -0.05) is 12.1 Å². The van der Waals surface area contributed by atoms with Crippen LogP contribution in [0.5, 0.6) is 5.75 Å². The highest BCUT2D eigenvalue weighted by molar-refractivity contribution is 5.35. The van der Waals surface area contributed by atoms with E-state index < -0.39 is 17.3 Å². The van der Waals surface area contributed by atoms with Crippen LogP contribution in [-0.2, 0) is 6.18 Å². The van der Waals surface area contributed by atoms with Crippen LogP contribution in [0.25, 0.3) is 0 Å². The number of rotatable bonds is 4. The van der Waals surface area contributed by atoms with E-state index in [1.807, 2.05) is 20.8 Å². The van der Waals surface area contributed by atoms with Crippen LogP contribution in [0.1, 0.15) is 39.2 Å². The van der Waals surface area contributed by atoms with Crippen molar-refractivity contribution in [3.63, 3.8) is 0 Å². The van der Waals surface area contributed by atoms with Crippen LogP contribution in [-0.4, -0.2) is 40.8 Å². The Morgan fingerprint density at radius 3 is 2.35 bits per heavy atom. The van der Waals surface area contributed by atoms with Crippen molar-refractivity contribution in [2.75, 3.05) is 13.2 Å². The molecule has 0 saturated carbocycles. The molecule has 1 aromatic rings. The Hall–Kier alpha value is -1.27. The van der Waals surface area contributed by atoms with Gasteiger partial charge in [0.25, 0.3) is 0 Å². The third-order valence-electron chi connectivity index (χ3n) is 4.40. The largest absolute Gasteiger partial charge is 0.492 e. The topological polar surface area (TPSA) is 32.7 Å². The number of ether oxygens (including phenoxy) is 1. The molecule has 0 aliphatic carbocycles. The van der Waals surface area contributed by atoms with Crippen molar-refractivity contribution in [1.82, 2.24) is 4.90 Å². The fourth-order valence-corrected chi connectivity index (χ4v) is 3.55. The minimum atomic E-state index is -4.42. The number of hydrogen-bond acceptors (Lipinski definition) is 3. The van der Waals surface area contributed by atoms with Gasteiger partial charge in [0.05, 0.1) is 11.2 Å². The summed E-state index contributed by atoms with van der Waals surface area (Å²) in [5.41, 5.74) is -1.43. The van der Waals surface area contributed by atoms with E-state index in [0.29, 0.717) is 19.4 Å². The standard InChI is InChI=1S/C17H24F3NO2/c1-12-10-16(3,22)11-13(2)21(12)8-9-23-15-7-5-4-6-14(15)17(18,19)20/h4-7,12-13,22H,8-11H2,1-3H3/t12-,13?,16-/m1/s1. The molecule has 3 nitrogen and oxygen atoms in total. The highest BCUT2D eigenvalue weighted by atomic mass is 19.4. The fourth-order valence-electron chi connectivity index (χ4n) is 3.55. The molecule has 1 saturated heterocycles. The van der Waals surface area contributed by atoms with Gasteiger partial charge >= 0.3 is 6.18 Å². The number of alkyl halides is 3. The van der Waals surface area contributed by atoms with Crippen LogP contribution in [0, 0.1) is 0 Å². The molecule has 130 valence electrons. The van der Waals surface area contributed by atoms with Gasteiger partial charge in [-0.25, -0.2) is 0 Å². The Morgan fingerprint density at radius 1 is 1.22 bits per heavy atom. The van der Waals surface area contributed by atoms with E-state index in [4.69, 9.17) is 4.74 Å². The van der Waals surface area contributed by atoms with Crippen molar-refractivity contribution in [2.24, 2.45) is 0 Å². The van der Waals surface area contributed by atoms with Gasteiger partial charge in [0.2, 0.25) is 0 Å². The predicted octanol–water partition coefficient (Wildman–Crippen LogP) is 3.71. The Morgan fingerprint density at radius 2 is 1.78 bits per heavy atom. The minimum Gasteiger partial charge on any atom is -0.492 e. The lowest BCUT2D eigenvalue weighted by molar-refractivity contribution is -0.139. The summed E-state index contributed by atoms with van der Waals surface area (Å²) in [6, 6.07) is 5.58. The van der Waals surface area contributed by atoms with Crippen LogP contribution in [0.15, 0.2) is 24.3 Å². The van der Waals surface area contributed by atoms with Crippen molar-refractivity contribution in [3.8, 4) is 5.75 Å². The van der Waals surface area contributed by atoms with Crippen LogP contribution >= 0.6 is 0 Å². The monoisotopic (exact) mass is 331 g/mol. The molecule has 1 aliphatic heterocycles. The van der Waals surface area contributed by atoms with E-state index in [2.05, 4.69) is 4.90 Å². The second-order valence-electron chi connectivity index (χ2n) is 6.68. The molecule has 1 fully saturated rings. The van der Waals surface area contributed by atoms with Crippen LogP contribution in [0.2, 0.25) is 0 Å². The number of piperidine rings is 1. The Labute approximate surface area is 135 Å². The maximum atomic E-state index is 12.9. The normalized spacial score (nSPS) is 29.5. The molecule has 0 bridgehead atoms. The number of para-hydroxylation sites is 1. The van der Waals surface area contributed by atoms with Crippen molar-refractivity contribution < 1.29 is 23.0 Å². The van der Waals surface area contributed by atoms with Gasteiger partial charge in [-0.05, 0) is 45.7 Å². The van der Waals surface area contributed by atoms with Gasteiger partial charge in [-0.15, -0.1) is 0 Å².